The van der Waals surface area contributed by atoms with Crippen molar-refractivity contribution in [2.75, 3.05) is 11.9 Å². The topological polar surface area (TPSA) is 71.2 Å². The molecule has 1 aromatic heterocycles. The monoisotopic (exact) mass is 414 g/mol. The Hall–Kier alpha value is -3.55. The molecule has 0 fully saturated rings. The third-order valence-electron chi connectivity index (χ3n) is 4.80. The predicted molar refractivity (Wildman–Crippen MR) is 107 cm³/mol. The molecule has 4 rings (SSSR count). The number of hydrogen-bond donors (Lipinski definition) is 2. The molecule has 2 N–H and O–H groups in total. The lowest BCUT2D eigenvalue weighted by Crippen LogP contribution is -2.10. The second-order valence-electron chi connectivity index (χ2n) is 6.94. The van der Waals surface area contributed by atoms with Crippen LogP contribution in [-0.2, 0) is 11.0 Å². The second-order valence-corrected chi connectivity index (χ2v) is 6.94. The molecule has 0 atom stereocenters. The highest BCUT2D eigenvalue weighted by Gasteiger charge is 2.32. The Morgan fingerprint density at radius 1 is 1.10 bits per heavy atom. The molecule has 1 aliphatic heterocycles. The molecule has 2 aromatic carbocycles. The number of benzene rings is 2. The molecule has 30 heavy (non-hydrogen) atoms. The fourth-order valence-corrected chi connectivity index (χ4v) is 3.38. The van der Waals surface area contributed by atoms with Crippen molar-refractivity contribution in [1.29, 1.82) is 0 Å². The van der Waals surface area contributed by atoms with E-state index < -0.39 is 17.6 Å². The summed E-state index contributed by atoms with van der Waals surface area (Å²) in [5.74, 6) is -0.306. The van der Waals surface area contributed by atoms with Crippen molar-refractivity contribution in [2.45, 2.75) is 19.0 Å². The van der Waals surface area contributed by atoms with Gasteiger partial charge in [0.15, 0.2) is 0 Å². The van der Waals surface area contributed by atoms with Gasteiger partial charge in [-0.3, -0.25) is 9.59 Å². The molecule has 1 amide bonds. The lowest BCUT2D eigenvalue weighted by Gasteiger charge is -2.13. The molecule has 3 aromatic rings. The van der Waals surface area contributed by atoms with Crippen molar-refractivity contribution in [3.05, 3.63) is 76.1 Å². The Bertz CT molecular complexity index is 1210. The van der Waals surface area contributed by atoms with E-state index in [1.807, 2.05) is 0 Å². The van der Waals surface area contributed by atoms with Crippen LogP contribution in [0.5, 0.6) is 5.75 Å². The standard InChI is InChI=1S/C22H17F3N2O3/c23-22(24,25)15-5-7-17-14(2-1-9-30-19(17)11-15)10-21(29)26-16-6-3-13-4-8-20(28)27-18(13)12-16/h3-8,10-12H,1-2,9H2,(H,26,29)(H,27,28). The number of amides is 1. The molecule has 0 bridgehead atoms. The number of ether oxygens (including phenoxy) is 1. The Balaban J connectivity index is 1.61. The van der Waals surface area contributed by atoms with Gasteiger partial charge in [-0.15, -0.1) is 0 Å². The van der Waals surface area contributed by atoms with Gasteiger partial charge < -0.3 is 15.0 Å². The Labute approximate surface area is 169 Å². The van der Waals surface area contributed by atoms with Gasteiger partial charge in [-0.1, -0.05) is 12.1 Å². The minimum absolute atomic E-state index is 0.115. The van der Waals surface area contributed by atoms with E-state index in [1.165, 1.54) is 18.2 Å². The molecule has 8 heteroatoms. The van der Waals surface area contributed by atoms with Gasteiger partial charge in [0.05, 0.1) is 17.7 Å². The summed E-state index contributed by atoms with van der Waals surface area (Å²) in [5.41, 5.74) is 1.10. The van der Waals surface area contributed by atoms with Crippen LogP contribution in [0.25, 0.3) is 16.5 Å². The van der Waals surface area contributed by atoms with Crippen LogP contribution in [0.3, 0.4) is 0 Å². The van der Waals surface area contributed by atoms with Crippen LogP contribution >= 0.6 is 0 Å². The summed E-state index contributed by atoms with van der Waals surface area (Å²) in [4.78, 5) is 26.7. The quantitative estimate of drug-likeness (QED) is 0.595. The number of H-pyrrole nitrogens is 1. The van der Waals surface area contributed by atoms with Gasteiger partial charge in [-0.05, 0) is 54.1 Å². The van der Waals surface area contributed by atoms with Crippen LogP contribution in [-0.4, -0.2) is 17.5 Å². The van der Waals surface area contributed by atoms with Crippen molar-refractivity contribution >= 4 is 28.1 Å². The van der Waals surface area contributed by atoms with Gasteiger partial charge in [0.2, 0.25) is 11.5 Å². The highest BCUT2D eigenvalue weighted by Crippen LogP contribution is 2.38. The van der Waals surface area contributed by atoms with E-state index in [0.717, 1.165) is 17.5 Å². The van der Waals surface area contributed by atoms with Gasteiger partial charge in [0, 0.05) is 23.4 Å². The minimum atomic E-state index is -4.47. The zero-order valence-corrected chi connectivity index (χ0v) is 15.7. The van der Waals surface area contributed by atoms with Crippen molar-refractivity contribution in [2.24, 2.45) is 0 Å². The van der Waals surface area contributed by atoms with Crippen molar-refractivity contribution in [3.63, 3.8) is 0 Å². The van der Waals surface area contributed by atoms with E-state index in [-0.39, 0.29) is 17.9 Å². The number of allylic oxidation sites excluding steroid dienone is 1. The molecule has 154 valence electrons. The molecule has 0 aliphatic carbocycles. The Morgan fingerprint density at radius 3 is 2.70 bits per heavy atom. The normalized spacial score (nSPS) is 15.4. The van der Waals surface area contributed by atoms with E-state index in [9.17, 15) is 22.8 Å². The third kappa shape index (κ3) is 4.22. The number of halogens is 3. The number of nitrogens with one attached hydrogen (secondary N) is 2. The van der Waals surface area contributed by atoms with Crippen molar-refractivity contribution in [1.82, 2.24) is 4.98 Å². The Morgan fingerprint density at radius 2 is 1.90 bits per heavy atom. The van der Waals surface area contributed by atoms with Gasteiger partial charge >= 0.3 is 6.18 Å². The average Bonchev–Trinajstić information content (AvgIpc) is 2.88. The first-order chi connectivity index (χ1) is 14.3. The molecule has 0 saturated carbocycles. The third-order valence-corrected chi connectivity index (χ3v) is 4.80. The van der Waals surface area contributed by atoms with Crippen molar-refractivity contribution in [3.8, 4) is 5.75 Å². The van der Waals surface area contributed by atoms with Crippen LogP contribution in [0, 0.1) is 0 Å². The summed E-state index contributed by atoms with van der Waals surface area (Å²) in [6.45, 7) is 0.269. The minimum Gasteiger partial charge on any atom is -0.493 e. The summed E-state index contributed by atoms with van der Waals surface area (Å²) >= 11 is 0. The van der Waals surface area contributed by atoms with E-state index in [1.54, 1.807) is 24.3 Å². The van der Waals surface area contributed by atoms with Crippen LogP contribution < -0.4 is 15.6 Å². The van der Waals surface area contributed by atoms with E-state index in [0.29, 0.717) is 35.2 Å². The molecule has 1 aliphatic rings. The van der Waals surface area contributed by atoms with Crippen LogP contribution in [0.2, 0.25) is 0 Å². The SMILES string of the molecule is O=C(C=C1CCCOc2cc(C(F)(F)F)ccc21)Nc1ccc2ccc(=O)[nH]c2c1. The average molecular weight is 414 g/mol. The molecule has 0 radical (unpaired) electrons. The zero-order valence-electron chi connectivity index (χ0n) is 15.7. The lowest BCUT2D eigenvalue weighted by molar-refractivity contribution is -0.137. The molecule has 2 heterocycles. The molecular formula is C22H17F3N2O3. The van der Waals surface area contributed by atoms with E-state index in [2.05, 4.69) is 10.3 Å². The summed E-state index contributed by atoms with van der Waals surface area (Å²) in [6.07, 6.45) is -2.02. The molecule has 0 unspecified atom stereocenters. The number of alkyl halides is 3. The molecular weight excluding hydrogens is 397 g/mol. The lowest BCUT2D eigenvalue weighted by atomic mass is 9.99. The Kier molecular flexibility index (Phi) is 5.07. The second kappa shape index (κ2) is 7.70. The number of fused-ring (bicyclic) bond motifs is 2. The van der Waals surface area contributed by atoms with Crippen molar-refractivity contribution < 1.29 is 22.7 Å². The number of pyridine rings is 1. The van der Waals surface area contributed by atoms with E-state index >= 15 is 0 Å². The largest absolute Gasteiger partial charge is 0.493 e. The number of aromatic amines is 1. The highest BCUT2D eigenvalue weighted by molar-refractivity contribution is 6.05. The summed E-state index contributed by atoms with van der Waals surface area (Å²) in [7, 11) is 0. The number of anilines is 1. The molecule has 5 nitrogen and oxygen atoms in total. The first-order valence-corrected chi connectivity index (χ1v) is 9.29. The molecule has 0 spiro atoms. The number of carbonyl (C=O) groups excluding carboxylic acids is 1. The number of carbonyl (C=O) groups is 1. The van der Waals surface area contributed by atoms with Gasteiger partial charge in [-0.2, -0.15) is 13.2 Å². The van der Waals surface area contributed by atoms with Crippen LogP contribution in [0.4, 0.5) is 18.9 Å². The number of rotatable bonds is 2. The maximum atomic E-state index is 13.0. The predicted octanol–water partition coefficient (Wildman–Crippen LogP) is 4.74. The smallest absolute Gasteiger partial charge is 0.416 e. The zero-order chi connectivity index (χ0) is 21.3. The number of hydrogen-bond acceptors (Lipinski definition) is 3. The van der Waals surface area contributed by atoms with Crippen LogP contribution in [0.15, 0.2) is 59.4 Å². The highest BCUT2D eigenvalue weighted by atomic mass is 19.4. The van der Waals surface area contributed by atoms with E-state index in [4.69, 9.17) is 4.74 Å². The first-order valence-electron chi connectivity index (χ1n) is 9.29. The molecule has 0 saturated heterocycles. The summed E-state index contributed by atoms with van der Waals surface area (Å²) in [6, 6.07) is 11.5. The maximum Gasteiger partial charge on any atom is 0.416 e. The fraction of sp³-hybridized carbons (Fsp3) is 0.182. The van der Waals surface area contributed by atoms with Gasteiger partial charge in [-0.25, -0.2) is 0 Å². The number of aromatic nitrogens is 1. The fourth-order valence-electron chi connectivity index (χ4n) is 3.38. The van der Waals surface area contributed by atoms with Gasteiger partial charge in [0.1, 0.15) is 5.75 Å². The summed E-state index contributed by atoms with van der Waals surface area (Å²) in [5, 5.41) is 3.55. The summed E-state index contributed by atoms with van der Waals surface area (Å²) < 4.78 is 44.4. The maximum absolute atomic E-state index is 13.0. The first kappa shape index (κ1) is 19.8. The van der Waals surface area contributed by atoms with Gasteiger partial charge in [0.25, 0.3) is 0 Å². The van der Waals surface area contributed by atoms with Crippen LogP contribution in [0.1, 0.15) is 24.0 Å².